The molecule has 76 valence electrons. The number of nitrogens with two attached hydrogens (primary N) is 1. The molecule has 0 atom stereocenters. The third-order valence-corrected chi connectivity index (χ3v) is 2.03. The first-order chi connectivity index (χ1) is 6.69. The van der Waals surface area contributed by atoms with Crippen LogP contribution in [-0.2, 0) is 0 Å². The average molecular weight is 214 g/mol. The molecule has 0 saturated heterocycles. The Morgan fingerprint density at radius 3 is 2.79 bits per heavy atom. The molecule has 0 bridgehead atoms. The van der Waals surface area contributed by atoms with Crippen LogP contribution in [0.1, 0.15) is 17.3 Å². The van der Waals surface area contributed by atoms with E-state index in [0.29, 0.717) is 22.9 Å². The summed E-state index contributed by atoms with van der Waals surface area (Å²) in [5, 5.41) is 0.436. The lowest BCUT2D eigenvalue weighted by molar-refractivity contribution is 0.100. The molecule has 3 nitrogen and oxygen atoms in total. The summed E-state index contributed by atoms with van der Waals surface area (Å²) in [4.78, 5) is 11.2. The number of carbonyl (C=O) groups is 1. The molecular weight excluding hydrogens is 202 g/mol. The Hall–Kier alpha value is -1.06. The van der Waals surface area contributed by atoms with Gasteiger partial charge in [0.2, 0.25) is 0 Å². The van der Waals surface area contributed by atoms with Crippen molar-refractivity contribution in [3.63, 3.8) is 0 Å². The van der Waals surface area contributed by atoms with Crippen molar-refractivity contribution in [1.29, 1.82) is 0 Å². The largest absolute Gasteiger partial charge is 0.492 e. The predicted octanol–water partition coefficient (Wildman–Crippen LogP) is 1.88. The van der Waals surface area contributed by atoms with Crippen LogP contribution in [0, 0.1) is 0 Å². The summed E-state index contributed by atoms with van der Waals surface area (Å²) in [7, 11) is 0. The lowest BCUT2D eigenvalue weighted by Crippen LogP contribution is -2.13. The smallest absolute Gasteiger partial charge is 0.176 e. The van der Waals surface area contributed by atoms with Crippen molar-refractivity contribution in [3.05, 3.63) is 28.8 Å². The van der Waals surface area contributed by atoms with Gasteiger partial charge in [-0.15, -0.1) is 0 Å². The Balaban J connectivity index is 2.94. The number of hydrogen-bond acceptors (Lipinski definition) is 3. The summed E-state index contributed by atoms with van der Waals surface area (Å²) >= 11 is 5.89. The van der Waals surface area contributed by atoms with Crippen LogP contribution in [0.5, 0.6) is 5.75 Å². The molecule has 0 aliphatic rings. The Morgan fingerprint density at radius 2 is 2.29 bits per heavy atom. The molecule has 0 heterocycles. The van der Waals surface area contributed by atoms with Gasteiger partial charge in [0.15, 0.2) is 5.78 Å². The minimum absolute atomic E-state index is 0.00961. The van der Waals surface area contributed by atoms with Crippen molar-refractivity contribution in [2.45, 2.75) is 6.92 Å². The van der Waals surface area contributed by atoms with E-state index in [0.717, 1.165) is 0 Å². The lowest BCUT2D eigenvalue weighted by Gasteiger charge is -2.06. The quantitative estimate of drug-likeness (QED) is 0.777. The lowest BCUT2D eigenvalue weighted by atomic mass is 10.1. The van der Waals surface area contributed by atoms with Gasteiger partial charge < -0.3 is 10.5 Å². The maximum atomic E-state index is 11.2. The van der Waals surface area contributed by atoms with Gasteiger partial charge in [0, 0.05) is 5.56 Å². The Bertz CT molecular complexity index is 339. The predicted molar refractivity (Wildman–Crippen MR) is 56.0 cm³/mol. The van der Waals surface area contributed by atoms with Crippen LogP contribution >= 0.6 is 11.6 Å². The van der Waals surface area contributed by atoms with E-state index in [2.05, 4.69) is 0 Å². The van der Waals surface area contributed by atoms with Crippen LogP contribution in [0.15, 0.2) is 18.2 Å². The van der Waals surface area contributed by atoms with Crippen molar-refractivity contribution in [1.82, 2.24) is 0 Å². The molecule has 0 aliphatic heterocycles. The van der Waals surface area contributed by atoms with Crippen LogP contribution < -0.4 is 10.5 Å². The maximum absolute atomic E-state index is 11.2. The Morgan fingerprint density at radius 1 is 1.57 bits per heavy atom. The number of rotatable bonds is 4. The van der Waals surface area contributed by atoms with E-state index in [1.54, 1.807) is 18.2 Å². The van der Waals surface area contributed by atoms with Gasteiger partial charge in [-0.05, 0) is 25.1 Å². The molecule has 1 aromatic carbocycles. The number of ether oxygens (including phenoxy) is 1. The minimum Gasteiger partial charge on any atom is -0.492 e. The average Bonchev–Trinajstić information content (AvgIpc) is 2.20. The molecule has 0 aromatic heterocycles. The maximum Gasteiger partial charge on any atom is 0.176 e. The van der Waals surface area contributed by atoms with Crippen molar-refractivity contribution in [3.8, 4) is 5.75 Å². The zero-order valence-electron chi connectivity index (χ0n) is 7.92. The van der Waals surface area contributed by atoms with Crippen molar-refractivity contribution in [2.24, 2.45) is 5.73 Å². The molecule has 1 aromatic rings. The summed E-state index contributed by atoms with van der Waals surface area (Å²) in [6.07, 6.45) is 0. The molecule has 0 fully saturated rings. The van der Waals surface area contributed by atoms with Crippen molar-refractivity contribution in [2.75, 3.05) is 13.2 Å². The van der Waals surface area contributed by atoms with E-state index < -0.39 is 0 Å². The van der Waals surface area contributed by atoms with Crippen LogP contribution in [0.25, 0.3) is 0 Å². The van der Waals surface area contributed by atoms with Crippen LogP contribution in [0.2, 0.25) is 5.02 Å². The van der Waals surface area contributed by atoms with E-state index in [4.69, 9.17) is 22.1 Å². The van der Waals surface area contributed by atoms with Gasteiger partial charge in [0.05, 0.1) is 18.2 Å². The van der Waals surface area contributed by atoms with Crippen LogP contribution in [-0.4, -0.2) is 18.9 Å². The molecule has 0 spiro atoms. The molecule has 1 rings (SSSR count). The van der Waals surface area contributed by atoms with Gasteiger partial charge in [0.25, 0.3) is 0 Å². The number of carbonyl (C=O) groups excluding carboxylic acids is 1. The van der Waals surface area contributed by atoms with E-state index >= 15 is 0 Å². The van der Waals surface area contributed by atoms with Gasteiger partial charge in [-0.1, -0.05) is 11.6 Å². The highest BCUT2D eigenvalue weighted by atomic mass is 35.5. The van der Waals surface area contributed by atoms with Crippen molar-refractivity contribution >= 4 is 17.4 Å². The number of Topliss-reactive ketones (excluding diaryl/α,β-unsaturated/α-hetero) is 1. The molecule has 14 heavy (non-hydrogen) atoms. The van der Waals surface area contributed by atoms with E-state index in [1.165, 1.54) is 0 Å². The van der Waals surface area contributed by atoms with Crippen LogP contribution in [0.3, 0.4) is 0 Å². The third kappa shape index (κ3) is 2.47. The van der Waals surface area contributed by atoms with Gasteiger partial charge in [-0.3, -0.25) is 4.79 Å². The summed E-state index contributed by atoms with van der Waals surface area (Å²) in [6.45, 7) is 2.41. The number of ketones is 1. The third-order valence-electron chi connectivity index (χ3n) is 1.74. The summed E-state index contributed by atoms with van der Waals surface area (Å²) < 4.78 is 5.23. The fraction of sp³-hybridized carbons (Fsp3) is 0.300. The van der Waals surface area contributed by atoms with E-state index in [9.17, 15) is 4.79 Å². The van der Waals surface area contributed by atoms with Crippen LogP contribution in [0.4, 0.5) is 0 Å². The first kappa shape index (κ1) is 11.0. The highest BCUT2D eigenvalue weighted by Crippen LogP contribution is 2.25. The monoisotopic (exact) mass is 213 g/mol. The molecule has 4 heteroatoms. The Labute approximate surface area is 87.8 Å². The van der Waals surface area contributed by atoms with E-state index in [-0.39, 0.29) is 12.3 Å². The fourth-order valence-corrected chi connectivity index (χ4v) is 1.30. The van der Waals surface area contributed by atoms with Gasteiger partial charge in [-0.25, -0.2) is 0 Å². The topological polar surface area (TPSA) is 52.3 Å². The van der Waals surface area contributed by atoms with Gasteiger partial charge in [0.1, 0.15) is 5.75 Å². The summed E-state index contributed by atoms with van der Waals surface area (Å²) in [6, 6.07) is 4.91. The van der Waals surface area contributed by atoms with Crippen molar-refractivity contribution < 1.29 is 9.53 Å². The SMILES string of the molecule is CCOc1ccc(C(=O)CN)cc1Cl. The fourth-order valence-electron chi connectivity index (χ4n) is 1.06. The first-order valence-electron chi connectivity index (χ1n) is 4.34. The normalized spacial score (nSPS) is 9.93. The highest BCUT2D eigenvalue weighted by molar-refractivity contribution is 6.32. The highest BCUT2D eigenvalue weighted by Gasteiger charge is 2.07. The molecule has 2 N–H and O–H groups in total. The molecule has 0 aliphatic carbocycles. The molecule has 0 saturated carbocycles. The van der Waals surface area contributed by atoms with E-state index in [1.807, 2.05) is 6.92 Å². The van der Waals surface area contributed by atoms with Gasteiger partial charge in [-0.2, -0.15) is 0 Å². The molecule has 0 radical (unpaired) electrons. The first-order valence-corrected chi connectivity index (χ1v) is 4.72. The summed E-state index contributed by atoms with van der Waals surface area (Å²) in [5.41, 5.74) is 5.74. The zero-order chi connectivity index (χ0) is 10.6. The minimum atomic E-state index is -0.130. The molecule has 0 unspecified atom stereocenters. The second-order valence-electron chi connectivity index (χ2n) is 2.71. The zero-order valence-corrected chi connectivity index (χ0v) is 8.67. The van der Waals surface area contributed by atoms with Gasteiger partial charge >= 0.3 is 0 Å². The molecular formula is C10H12ClNO2. The number of benzene rings is 1. The second-order valence-corrected chi connectivity index (χ2v) is 3.11. The number of hydrogen-bond donors (Lipinski definition) is 1. The molecule has 0 amide bonds. The standard InChI is InChI=1S/C10H12ClNO2/c1-2-14-10-4-3-7(5-8(10)11)9(13)6-12/h3-5H,2,6,12H2,1H3. The summed E-state index contributed by atoms with van der Waals surface area (Å²) in [5.74, 6) is 0.456. The second kappa shape index (κ2) is 4.98. The Kier molecular flexibility index (Phi) is 3.92. The number of halogens is 1.